The first-order valence-corrected chi connectivity index (χ1v) is 8.21. The van der Waals surface area contributed by atoms with E-state index in [0.717, 1.165) is 6.92 Å². The van der Waals surface area contributed by atoms with Crippen LogP contribution in [-0.4, -0.2) is 48.8 Å². The molecule has 0 spiro atoms. The van der Waals surface area contributed by atoms with Gasteiger partial charge in [0.1, 0.15) is 16.3 Å². The summed E-state index contributed by atoms with van der Waals surface area (Å²) in [5.74, 6) is -3.67. The average molecular weight is 374 g/mol. The Kier molecular flexibility index (Phi) is 4.20. The van der Waals surface area contributed by atoms with Crippen molar-refractivity contribution in [3.05, 3.63) is 30.3 Å². The van der Waals surface area contributed by atoms with E-state index in [2.05, 4.69) is 0 Å². The Hall–Kier alpha value is -2.25. The van der Waals surface area contributed by atoms with E-state index in [1.54, 1.807) is 0 Å². The van der Waals surface area contributed by atoms with Gasteiger partial charge in [-0.25, -0.2) is 4.84 Å². The van der Waals surface area contributed by atoms with E-state index in [1.807, 2.05) is 0 Å². The fraction of sp³-hybridized carbons (Fsp3) is 0.923. The molecule has 0 unspecified atom stereocenters. The maximum Gasteiger partial charge on any atom is 0.569 e. The second kappa shape index (κ2) is 5.89. The third kappa shape index (κ3) is 2.23. The van der Waals surface area contributed by atoms with Crippen LogP contribution in [0.2, 0.25) is 0 Å². The van der Waals surface area contributed by atoms with Gasteiger partial charge in [0.15, 0.2) is 17.5 Å². The summed E-state index contributed by atoms with van der Waals surface area (Å²) in [7, 11) is 0. The van der Waals surface area contributed by atoms with Gasteiger partial charge in [0.25, 0.3) is 5.54 Å². The molecule has 26 heavy (non-hydrogen) atoms. The van der Waals surface area contributed by atoms with Crippen LogP contribution in [0.15, 0.2) is 0 Å². The van der Waals surface area contributed by atoms with Crippen molar-refractivity contribution in [3.8, 4) is 0 Å². The highest BCUT2D eigenvalue weighted by atomic mass is 17.0. The predicted octanol–water partition coefficient (Wildman–Crippen LogP) is 0.842. The highest BCUT2D eigenvalue weighted by Crippen LogP contribution is 2.56. The molecule has 2 aliphatic carbocycles. The number of ketones is 1. The van der Waals surface area contributed by atoms with Gasteiger partial charge in [-0.15, -0.1) is 0 Å². The van der Waals surface area contributed by atoms with Crippen molar-refractivity contribution in [3.63, 3.8) is 0 Å². The number of nitrogens with zero attached hydrogens (tertiary/aromatic N) is 4. The summed E-state index contributed by atoms with van der Waals surface area (Å²) in [5.41, 5.74) is -2.88. The molecule has 3 rings (SSSR count). The Morgan fingerprint density at radius 1 is 1.04 bits per heavy atom. The summed E-state index contributed by atoms with van der Waals surface area (Å²) in [4.78, 5) is 54.1. The van der Waals surface area contributed by atoms with Crippen LogP contribution in [0.25, 0.3) is 0 Å². The summed E-state index contributed by atoms with van der Waals surface area (Å²) < 4.78 is 0. The van der Waals surface area contributed by atoms with E-state index in [-0.39, 0.29) is 30.9 Å². The maximum absolute atomic E-state index is 11.7. The normalized spacial score (nSPS) is 28.6. The van der Waals surface area contributed by atoms with Gasteiger partial charge in [-0.2, -0.15) is 0 Å². The lowest BCUT2D eigenvalue weighted by atomic mass is 9.57. The molecule has 13 nitrogen and oxygen atoms in total. The molecule has 1 aliphatic heterocycles. The zero-order chi connectivity index (χ0) is 19.3. The third-order valence-electron chi connectivity index (χ3n) is 5.81. The van der Waals surface area contributed by atoms with E-state index in [1.165, 1.54) is 0 Å². The van der Waals surface area contributed by atoms with Crippen molar-refractivity contribution in [1.29, 1.82) is 0 Å². The smallest absolute Gasteiger partial charge is 0.297 e. The minimum atomic E-state index is -3.03. The molecule has 0 aromatic carbocycles. The molecule has 3 aliphatic rings. The molecule has 0 bridgehead atoms. The van der Waals surface area contributed by atoms with Gasteiger partial charge in [0.2, 0.25) is 0 Å². The number of hydrogen-bond acceptors (Lipinski definition) is 10. The largest absolute Gasteiger partial charge is 0.569 e. The fourth-order valence-corrected chi connectivity index (χ4v) is 3.84. The second-order valence-electron chi connectivity index (χ2n) is 7.04. The Labute approximate surface area is 146 Å². The quantitative estimate of drug-likeness (QED) is 0.353. The lowest BCUT2D eigenvalue weighted by Crippen LogP contribution is -2.70. The van der Waals surface area contributed by atoms with E-state index < -0.39 is 50.0 Å². The molecule has 0 amide bonds. The Balaban J connectivity index is 1.97. The molecule has 144 valence electrons. The summed E-state index contributed by atoms with van der Waals surface area (Å²) >= 11 is 0. The number of hydroxylamine groups is 2. The zero-order valence-electron chi connectivity index (χ0n) is 14.0. The van der Waals surface area contributed by atoms with Crippen LogP contribution in [-0.2, 0) is 14.5 Å². The summed E-state index contributed by atoms with van der Waals surface area (Å²) in [6, 6.07) is 0. The molecule has 1 saturated heterocycles. The number of Topliss-reactive ketones (excluding diaryl/α,β-unsaturated/α-hetero) is 1. The van der Waals surface area contributed by atoms with Crippen LogP contribution in [0.4, 0.5) is 0 Å². The number of hydrogen-bond donors (Lipinski definition) is 0. The number of nitro groups is 3. The molecular weight excluding hydrogens is 356 g/mol. The van der Waals surface area contributed by atoms with Crippen molar-refractivity contribution in [2.75, 3.05) is 0 Å². The highest BCUT2D eigenvalue weighted by Gasteiger charge is 2.76. The zero-order valence-corrected chi connectivity index (χ0v) is 14.0. The molecule has 13 heteroatoms. The first-order valence-electron chi connectivity index (χ1n) is 8.21. The van der Waals surface area contributed by atoms with Gasteiger partial charge in [0.05, 0.1) is 5.23 Å². The van der Waals surface area contributed by atoms with E-state index in [0.29, 0.717) is 12.8 Å². The van der Waals surface area contributed by atoms with Crippen molar-refractivity contribution < 1.29 is 29.2 Å². The SMILES string of the molecule is CC(=O)[C@@H]1CC([N+](=O)[O-])([N+](=O)[O-])N(OC2(C3([N+](=O)[O-])CCC3)CCC2)O1. The molecule has 3 fully saturated rings. The number of rotatable bonds is 7. The second-order valence-corrected chi connectivity index (χ2v) is 7.04. The highest BCUT2D eigenvalue weighted by molar-refractivity contribution is 5.80. The number of carbonyl (C=O) groups excluding carboxylic acids is 1. The van der Waals surface area contributed by atoms with Gasteiger partial charge in [-0.3, -0.25) is 40.0 Å². The molecule has 0 N–H and O–H groups in total. The minimum absolute atomic E-state index is 0.127. The first-order chi connectivity index (χ1) is 12.1. The third-order valence-corrected chi connectivity index (χ3v) is 5.81. The molecule has 0 aromatic rings. The van der Waals surface area contributed by atoms with Crippen LogP contribution in [0.5, 0.6) is 0 Å². The monoisotopic (exact) mass is 374 g/mol. The standard InChI is InChI=1S/C13H18N4O9/c1-9(18)10-8-13(15(21)22,16(23)24)17(25-10)26-12(6-3-7-12)11(14(19)20)4-2-5-11/h10H,2-8H2,1H3/t10-/m0/s1. The summed E-state index contributed by atoms with van der Waals surface area (Å²) in [5, 5.41) is 34.8. The van der Waals surface area contributed by atoms with Crippen molar-refractivity contribution >= 4 is 5.78 Å². The van der Waals surface area contributed by atoms with Gasteiger partial charge >= 0.3 is 5.79 Å². The predicted molar refractivity (Wildman–Crippen MR) is 80.0 cm³/mol. The molecule has 1 heterocycles. The van der Waals surface area contributed by atoms with E-state index in [4.69, 9.17) is 9.68 Å². The summed E-state index contributed by atoms with van der Waals surface area (Å²) in [6.45, 7) is 1.09. The lowest BCUT2D eigenvalue weighted by Gasteiger charge is -2.53. The Bertz CT molecular complexity index is 659. The minimum Gasteiger partial charge on any atom is -0.297 e. The Morgan fingerprint density at radius 3 is 1.88 bits per heavy atom. The maximum atomic E-state index is 11.7. The Morgan fingerprint density at radius 2 is 1.58 bits per heavy atom. The molecule has 0 radical (unpaired) electrons. The number of carbonyl (C=O) groups is 1. The molecular formula is C13H18N4O9. The van der Waals surface area contributed by atoms with Gasteiger partial charge in [-0.1, -0.05) is 0 Å². The van der Waals surface area contributed by atoms with Gasteiger partial charge in [0, 0.05) is 17.8 Å². The molecule has 1 atom stereocenters. The fourth-order valence-electron chi connectivity index (χ4n) is 3.84. The molecule has 2 saturated carbocycles. The summed E-state index contributed by atoms with van der Waals surface area (Å²) in [6.07, 6.45) is -0.210. The van der Waals surface area contributed by atoms with Crippen LogP contribution < -0.4 is 0 Å². The van der Waals surface area contributed by atoms with Gasteiger partial charge in [-0.05, 0) is 32.6 Å². The van der Waals surface area contributed by atoms with Crippen LogP contribution in [0, 0.1) is 30.3 Å². The molecule has 0 aromatic heterocycles. The van der Waals surface area contributed by atoms with Crippen LogP contribution >= 0.6 is 0 Å². The van der Waals surface area contributed by atoms with E-state index in [9.17, 15) is 35.1 Å². The van der Waals surface area contributed by atoms with Crippen LogP contribution in [0.3, 0.4) is 0 Å². The van der Waals surface area contributed by atoms with Crippen molar-refractivity contribution in [2.24, 2.45) is 0 Å². The first kappa shape index (κ1) is 18.5. The lowest BCUT2D eigenvalue weighted by molar-refractivity contribution is -0.855. The van der Waals surface area contributed by atoms with Crippen LogP contribution in [0.1, 0.15) is 51.9 Å². The van der Waals surface area contributed by atoms with Gasteiger partial charge < -0.3 is 0 Å². The van der Waals surface area contributed by atoms with Crippen molar-refractivity contribution in [2.45, 2.75) is 74.9 Å². The van der Waals surface area contributed by atoms with E-state index >= 15 is 0 Å². The average Bonchev–Trinajstić information content (AvgIpc) is 2.83. The topological polar surface area (TPSA) is 168 Å². The van der Waals surface area contributed by atoms with Crippen molar-refractivity contribution in [1.82, 2.24) is 5.23 Å².